The topological polar surface area (TPSA) is 53.4 Å². The van der Waals surface area contributed by atoms with Crippen molar-refractivity contribution in [2.24, 2.45) is 5.92 Å². The molecule has 2 rings (SSSR count). The summed E-state index contributed by atoms with van der Waals surface area (Å²) in [4.78, 5) is 19.0. The van der Waals surface area contributed by atoms with Gasteiger partial charge in [-0.1, -0.05) is 26.0 Å². The second kappa shape index (κ2) is 8.95. The average Bonchev–Trinajstić information content (AvgIpc) is 2.59. The fourth-order valence-corrected chi connectivity index (χ4v) is 2.86. The van der Waals surface area contributed by atoms with E-state index in [-0.39, 0.29) is 5.91 Å². The van der Waals surface area contributed by atoms with E-state index in [9.17, 15) is 9.90 Å². The van der Waals surface area contributed by atoms with Gasteiger partial charge in [0, 0.05) is 31.0 Å². The van der Waals surface area contributed by atoms with Gasteiger partial charge < -0.3 is 10.0 Å². The van der Waals surface area contributed by atoms with E-state index in [1.54, 1.807) is 26.2 Å². The zero-order chi connectivity index (χ0) is 19.2. The first-order valence-corrected chi connectivity index (χ1v) is 9.24. The molecule has 4 heteroatoms. The van der Waals surface area contributed by atoms with Crippen LogP contribution in [0.4, 0.5) is 0 Å². The molecule has 4 nitrogen and oxygen atoms in total. The monoisotopic (exact) mass is 354 g/mol. The number of aliphatic hydroxyl groups is 1. The van der Waals surface area contributed by atoms with Gasteiger partial charge in [0.1, 0.15) is 0 Å². The number of aromatic nitrogens is 1. The molecule has 0 bridgehead atoms. The minimum absolute atomic E-state index is 0.0422. The van der Waals surface area contributed by atoms with Crippen molar-refractivity contribution in [2.45, 2.75) is 52.7 Å². The molecular formula is C22H30N2O2. The molecule has 0 aliphatic carbocycles. The molecule has 0 fully saturated rings. The van der Waals surface area contributed by atoms with E-state index >= 15 is 0 Å². The zero-order valence-corrected chi connectivity index (χ0v) is 16.3. The van der Waals surface area contributed by atoms with Gasteiger partial charge in [0.05, 0.1) is 5.60 Å². The van der Waals surface area contributed by atoms with E-state index in [4.69, 9.17) is 0 Å². The van der Waals surface area contributed by atoms with Gasteiger partial charge in [0.15, 0.2) is 0 Å². The molecule has 0 spiro atoms. The van der Waals surface area contributed by atoms with Crippen molar-refractivity contribution in [3.8, 4) is 0 Å². The molecule has 0 saturated heterocycles. The first kappa shape index (κ1) is 20.1. The molecule has 1 N–H and O–H groups in total. The normalized spacial score (nSPS) is 11.6. The maximum absolute atomic E-state index is 13.1. The Morgan fingerprint density at radius 2 is 1.85 bits per heavy atom. The van der Waals surface area contributed by atoms with Gasteiger partial charge in [-0.05, 0) is 68.0 Å². The highest BCUT2D eigenvalue weighted by Gasteiger charge is 2.18. The van der Waals surface area contributed by atoms with Crippen molar-refractivity contribution in [3.63, 3.8) is 0 Å². The molecular weight excluding hydrogens is 324 g/mol. The van der Waals surface area contributed by atoms with E-state index in [0.29, 0.717) is 31.0 Å². The largest absolute Gasteiger partial charge is 0.390 e. The standard InChI is InChI=1S/C22H30N2O2/c1-17(2)15-24(16-19-9-12-23-13-10-19)21(25)20-7-5-6-18(14-20)8-11-22(3,4)26/h5-7,9-10,12-14,17,26H,8,11,15-16H2,1-4H3. The minimum atomic E-state index is -0.703. The van der Waals surface area contributed by atoms with Gasteiger partial charge >= 0.3 is 0 Å². The third kappa shape index (κ3) is 6.60. The lowest BCUT2D eigenvalue weighted by atomic mass is 9.97. The highest BCUT2D eigenvalue weighted by Crippen LogP contribution is 2.17. The Morgan fingerprint density at radius 3 is 2.46 bits per heavy atom. The van der Waals surface area contributed by atoms with E-state index in [0.717, 1.165) is 17.5 Å². The number of rotatable bonds is 8. The van der Waals surface area contributed by atoms with Gasteiger partial charge in [-0.2, -0.15) is 0 Å². The summed E-state index contributed by atoms with van der Waals surface area (Å²) < 4.78 is 0. The van der Waals surface area contributed by atoms with Crippen LogP contribution in [-0.4, -0.2) is 33.0 Å². The van der Waals surface area contributed by atoms with Gasteiger partial charge in [-0.3, -0.25) is 9.78 Å². The fourth-order valence-electron chi connectivity index (χ4n) is 2.86. The Kier molecular flexibility index (Phi) is 6.92. The SMILES string of the molecule is CC(C)CN(Cc1ccncc1)C(=O)c1cccc(CCC(C)(C)O)c1. The molecule has 1 amide bonds. The maximum atomic E-state index is 13.1. The average molecular weight is 354 g/mol. The summed E-state index contributed by atoms with van der Waals surface area (Å²) in [5.74, 6) is 0.430. The number of carbonyl (C=O) groups is 1. The third-order valence-electron chi connectivity index (χ3n) is 4.19. The van der Waals surface area contributed by atoms with Crippen molar-refractivity contribution in [1.82, 2.24) is 9.88 Å². The number of hydrogen-bond donors (Lipinski definition) is 1. The molecule has 140 valence electrons. The molecule has 2 aromatic rings. The minimum Gasteiger partial charge on any atom is -0.390 e. The first-order valence-electron chi connectivity index (χ1n) is 9.24. The molecule has 26 heavy (non-hydrogen) atoms. The quantitative estimate of drug-likeness (QED) is 0.777. The van der Waals surface area contributed by atoms with Crippen LogP contribution >= 0.6 is 0 Å². The van der Waals surface area contributed by atoms with E-state index in [1.807, 2.05) is 41.3 Å². The number of nitrogens with zero attached hydrogens (tertiary/aromatic N) is 2. The molecule has 1 heterocycles. The van der Waals surface area contributed by atoms with Crippen LogP contribution in [0, 0.1) is 5.92 Å². The molecule has 0 atom stereocenters. The van der Waals surface area contributed by atoms with Gasteiger partial charge in [0.25, 0.3) is 5.91 Å². The zero-order valence-electron chi connectivity index (χ0n) is 16.3. The summed E-state index contributed by atoms with van der Waals surface area (Å²) in [6, 6.07) is 11.6. The lowest BCUT2D eigenvalue weighted by Gasteiger charge is -2.25. The van der Waals surface area contributed by atoms with Crippen molar-refractivity contribution < 1.29 is 9.90 Å². The van der Waals surface area contributed by atoms with Crippen molar-refractivity contribution in [2.75, 3.05) is 6.54 Å². The fraction of sp³-hybridized carbons (Fsp3) is 0.455. The van der Waals surface area contributed by atoms with Gasteiger partial charge in [-0.25, -0.2) is 0 Å². The van der Waals surface area contributed by atoms with Crippen LogP contribution in [0.3, 0.4) is 0 Å². The van der Waals surface area contributed by atoms with E-state index < -0.39 is 5.60 Å². The summed E-state index contributed by atoms with van der Waals surface area (Å²) >= 11 is 0. The summed E-state index contributed by atoms with van der Waals surface area (Å²) in [6.45, 7) is 9.13. The number of hydrogen-bond acceptors (Lipinski definition) is 3. The number of benzene rings is 1. The second-order valence-electron chi connectivity index (χ2n) is 7.95. The van der Waals surface area contributed by atoms with Gasteiger partial charge in [0.2, 0.25) is 0 Å². The highest BCUT2D eigenvalue weighted by atomic mass is 16.3. The molecule has 0 radical (unpaired) electrons. The number of aryl methyl sites for hydroxylation is 1. The lowest BCUT2D eigenvalue weighted by molar-refractivity contribution is 0.0714. The Labute approximate surface area is 156 Å². The Morgan fingerprint density at radius 1 is 1.15 bits per heavy atom. The Hall–Kier alpha value is -2.20. The van der Waals surface area contributed by atoms with Crippen molar-refractivity contribution in [3.05, 3.63) is 65.5 Å². The summed E-state index contributed by atoms with van der Waals surface area (Å²) in [7, 11) is 0. The summed E-state index contributed by atoms with van der Waals surface area (Å²) in [6.07, 6.45) is 4.92. The predicted molar refractivity (Wildman–Crippen MR) is 105 cm³/mol. The van der Waals surface area contributed by atoms with Crippen LogP contribution in [0.15, 0.2) is 48.8 Å². The smallest absolute Gasteiger partial charge is 0.254 e. The molecule has 0 saturated carbocycles. The van der Waals surface area contributed by atoms with E-state index in [2.05, 4.69) is 18.8 Å². The molecule has 0 unspecified atom stereocenters. The highest BCUT2D eigenvalue weighted by molar-refractivity contribution is 5.94. The van der Waals surface area contributed by atoms with Crippen LogP contribution in [-0.2, 0) is 13.0 Å². The third-order valence-corrected chi connectivity index (χ3v) is 4.19. The van der Waals surface area contributed by atoms with Crippen LogP contribution in [0.25, 0.3) is 0 Å². The second-order valence-corrected chi connectivity index (χ2v) is 7.95. The van der Waals surface area contributed by atoms with Crippen molar-refractivity contribution in [1.29, 1.82) is 0 Å². The number of pyridine rings is 1. The van der Waals surface area contributed by atoms with Crippen LogP contribution in [0.1, 0.15) is 55.6 Å². The van der Waals surface area contributed by atoms with Crippen LogP contribution in [0.5, 0.6) is 0 Å². The Bertz CT molecular complexity index is 706. The number of amides is 1. The summed E-state index contributed by atoms with van der Waals surface area (Å²) in [5, 5.41) is 9.93. The van der Waals surface area contributed by atoms with Crippen molar-refractivity contribution >= 4 is 5.91 Å². The Balaban J connectivity index is 2.16. The van der Waals surface area contributed by atoms with Gasteiger partial charge in [-0.15, -0.1) is 0 Å². The van der Waals surface area contributed by atoms with E-state index in [1.165, 1.54) is 0 Å². The molecule has 0 aliphatic rings. The lowest BCUT2D eigenvalue weighted by Crippen LogP contribution is -2.33. The number of carbonyl (C=O) groups excluding carboxylic acids is 1. The molecule has 1 aromatic heterocycles. The van der Waals surface area contributed by atoms with Crippen LogP contribution in [0.2, 0.25) is 0 Å². The first-order chi connectivity index (χ1) is 12.2. The predicted octanol–water partition coefficient (Wildman–Crippen LogP) is 4.08. The van der Waals surface area contributed by atoms with Crippen LogP contribution < -0.4 is 0 Å². The maximum Gasteiger partial charge on any atom is 0.254 e. The molecule has 1 aromatic carbocycles. The summed E-state index contributed by atoms with van der Waals surface area (Å²) in [5.41, 5.74) is 2.15. The molecule has 0 aliphatic heterocycles.